The fourth-order valence-electron chi connectivity index (χ4n) is 3.19. The highest BCUT2D eigenvalue weighted by molar-refractivity contribution is 7.92. The number of fused-ring (bicyclic) bond motifs is 1. The minimum atomic E-state index is -3.95. The van der Waals surface area contributed by atoms with E-state index < -0.39 is 21.6 Å². The van der Waals surface area contributed by atoms with E-state index in [1.54, 1.807) is 17.0 Å². The summed E-state index contributed by atoms with van der Waals surface area (Å²) in [5.74, 6) is 4.25. The summed E-state index contributed by atoms with van der Waals surface area (Å²) in [5, 5.41) is 9.44. The number of halogens is 1. The molecule has 0 unspecified atom stereocenters. The third-order valence-corrected chi connectivity index (χ3v) is 6.70. The highest BCUT2D eigenvalue weighted by atomic mass is 35.5. The molecule has 0 fully saturated rings. The predicted octanol–water partition coefficient (Wildman–Crippen LogP) is 3.28. The number of nitrogens with zero attached hydrogens (tertiary/aromatic N) is 1. The van der Waals surface area contributed by atoms with Crippen molar-refractivity contribution in [3.05, 3.63) is 52.5 Å². The number of benzene rings is 2. The zero-order valence-corrected chi connectivity index (χ0v) is 19.9. The molecule has 1 aliphatic heterocycles. The van der Waals surface area contributed by atoms with Crippen LogP contribution in [-0.4, -0.2) is 44.2 Å². The van der Waals surface area contributed by atoms with Crippen LogP contribution in [-0.2, 0) is 30.8 Å². The molecule has 174 valence electrons. The lowest BCUT2D eigenvalue weighted by molar-refractivity contribution is -0.159. The second kappa shape index (κ2) is 9.43. The second-order valence-corrected chi connectivity index (χ2v) is 10.0. The number of hydrogen-bond donors (Lipinski definition) is 2. The number of rotatable bonds is 6. The van der Waals surface area contributed by atoms with Gasteiger partial charge in [0.1, 0.15) is 6.61 Å². The zero-order chi connectivity index (χ0) is 24.4. The molecule has 33 heavy (non-hydrogen) atoms. The Morgan fingerprint density at radius 2 is 1.97 bits per heavy atom. The molecule has 2 aromatic carbocycles. The number of sulfonamides is 1. The van der Waals surface area contributed by atoms with Gasteiger partial charge in [-0.1, -0.05) is 23.4 Å². The number of carboxylic acids is 1. The standard InChI is InChI=1S/C23H23ClN2O6S/c1-15(27)26-11-10-17-14-19(7-9-21(17)26)33(30,31)25-20-8-6-18(24)13-16(20)5-4-12-32-23(2,3)22(28)29/h6-9,13-14,25H,10-12H2,1-3H3,(H,28,29). The number of aliphatic carboxylic acids is 1. The summed E-state index contributed by atoms with van der Waals surface area (Å²) < 4.78 is 33.8. The first-order valence-electron chi connectivity index (χ1n) is 10.0. The maximum absolute atomic E-state index is 13.0. The Balaban J connectivity index is 1.83. The molecule has 3 rings (SSSR count). The molecule has 1 aliphatic rings. The Labute approximate surface area is 197 Å². The van der Waals surface area contributed by atoms with Gasteiger partial charge in [-0.2, -0.15) is 0 Å². The van der Waals surface area contributed by atoms with Crippen molar-refractivity contribution in [2.75, 3.05) is 22.8 Å². The van der Waals surface area contributed by atoms with Crippen LogP contribution in [0.2, 0.25) is 5.02 Å². The van der Waals surface area contributed by atoms with Crippen molar-refractivity contribution >= 4 is 44.9 Å². The Kier molecular flexibility index (Phi) is 7.03. The first kappa shape index (κ1) is 24.6. The van der Waals surface area contributed by atoms with E-state index in [0.717, 1.165) is 5.56 Å². The molecule has 0 atom stereocenters. The van der Waals surface area contributed by atoms with E-state index in [4.69, 9.17) is 21.4 Å². The van der Waals surface area contributed by atoms with Crippen LogP contribution in [0.15, 0.2) is 41.3 Å². The smallest absolute Gasteiger partial charge is 0.335 e. The number of anilines is 2. The lowest BCUT2D eigenvalue weighted by Gasteiger charge is -2.17. The van der Waals surface area contributed by atoms with Gasteiger partial charge in [-0.3, -0.25) is 9.52 Å². The fraction of sp³-hybridized carbons (Fsp3) is 0.304. The van der Waals surface area contributed by atoms with Gasteiger partial charge in [-0.15, -0.1) is 0 Å². The molecule has 0 bridgehead atoms. The zero-order valence-electron chi connectivity index (χ0n) is 18.3. The van der Waals surface area contributed by atoms with Crippen molar-refractivity contribution in [2.24, 2.45) is 0 Å². The molecule has 10 heteroatoms. The molecule has 1 heterocycles. The molecule has 0 radical (unpaired) electrons. The third-order valence-electron chi connectivity index (χ3n) is 5.11. The van der Waals surface area contributed by atoms with Crippen LogP contribution in [0.1, 0.15) is 31.9 Å². The van der Waals surface area contributed by atoms with Crippen LogP contribution < -0.4 is 9.62 Å². The first-order valence-corrected chi connectivity index (χ1v) is 11.9. The average Bonchev–Trinajstić information content (AvgIpc) is 3.16. The van der Waals surface area contributed by atoms with E-state index in [9.17, 15) is 18.0 Å². The average molecular weight is 491 g/mol. The maximum atomic E-state index is 13.0. The van der Waals surface area contributed by atoms with E-state index in [0.29, 0.717) is 29.2 Å². The van der Waals surface area contributed by atoms with Crippen LogP contribution in [0.25, 0.3) is 0 Å². The molecule has 0 saturated heterocycles. The summed E-state index contributed by atoms with van der Waals surface area (Å²) >= 11 is 6.05. The van der Waals surface area contributed by atoms with Gasteiger partial charge in [-0.25, -0.2) is 13.2 Å². The summed E-state index contributed by atoms with van der Waals surface area (Å²) in [7, 11) is -3.95. The van der Waals surface area contributed by atoms with Crippen molar-refractivity contribution < 1.29 is 27.9 Å². The van der Waals surface area contributed by atoms with Gasteiger partial charge in [0, 0.05) is 24.2 Å². The minimum Gasteiger partial charge on any atom is -0.479 e. The Morgan fingerprint density at radius 1 is 1.24 bits per heavy atom. The molecule has 0 saturated carbocycles. The molecule has 0 spiro atoms. The van der Waals surface area contributed by atoms with Crippen molar-refractivity contribution in [3.63, 3.8) is 0 Å². The topological polar surface area (TPSA) is 113 Å². The van der Waals surface area contributed by atoms with Gasteiger partial charge < -0.3 is 14.7 Å². The first-order chi connectivity index (χ1) is 15.4. The van der Waals surface area contributed by atoms with Gasteiger partial charge in [0.15, 0.2) is 5.60 Å². The second-order valence-electron chi connectivity index (χ2n) is 7.91. The predicted molar refractivity (Wildman–Crippen MR) is 125 cm³/mol. The van der Waals surface area contributed by atoms with E-state index >= 15 is 0 Å². The number of hydrogen-bond acceptors (Lipinski definition) is 5. The van der Waals surface area contributed by atoms with Crippen molar-refractivity contribution in [1.29, 1.82) is 0 Å². The summed E-state index contributed by atoms with van der Waals surface area (Å²) in [4.78, 5) is 24.5. The normalized spacial score (nSPS) is 13.2. The Morgan fingerprint density at radius 3 is 2.64 bits per heavy atom. The maximum Gasteiger partial charge on any atom is 0.335 e. The van der Waals surface area contributed by atoms with E-state index in [1.807, 2.05) is 0 Å². The Hall–Kier alpha value is -3.06. The summed E-state index contributed by atoms with van der Waals surface area (Å²) in [6.45, 7) is 4.62. The third kappa shape index (κ3) is 5.66. The Bertz CT molecular complexity index is 1280. The molecule has 8 nitrogen and oxygen atoms in total. The number of amides is 1. The fourth-order valence-corrected chi connectivity index (χ4v) is 4.50. The molecule has 0 aliphatic carbocycles. The molecule has 1 amide bonds. The van der Waals surface area contributed by atoms with Crippen LogP contribution in [0.4, 0.5) is 11.4 Å². The summed E-state index contributed by atoms with van der Waals surface area (Å²) in [6, 6.07) is 9.17. The largest absolute Gasteiger partial charge is 0.479 e. The van der Waals surface area contributed by atoms with Gasteiger partial charge in [0.25, 0.3) is 10.0 Å². The van der Waals surface area contributed by atoms with Crippen molar-refractivity contribution in [1.82, 2.24) is 0 Å². The minimum absolute atomic E-state index is 0.0621. The van der Waals surface area contributed by atoms with Gasteiger partial charge in [-0.05, 0) is 62.2 Å². The molecule has 2 aromatic rings. The lowest BCUT2D eigenvalue weighted by Crippen LogP contribution is -2.34. The van der Waals surface area contributed by atoms with E-state index in [1.165, 1.54) is 45.0 Å². The van der Waals surface area contributed by atoms with Crippen LogP contribution in [0, 0.1) is 11.8 Å². The monoisotopic (exact) mass is 490 g/mol. The summed E-state index contributed by atoms with van der Waals surface area (Å²) in [6.07, 6.45) is 0.572. The van der Waals surface area contributed by atoms with E-state index in [-0.39, 0.29) is 23.1 Å². The molecular formula is C23H23ClN2O6S. The van der Waals surface area contributed by atoms with Crippen LogP contribution >= 0.6 is 11.6 Å². The van der Waals surface area contributed by atoms with Gasteiger partial charge in [0.05, 0.1) is 16.1 Å². The summed E-state index contributed by atoms with van der Waals surface area (Å²) in [5.41, 5.74) is 0.618. The van der Waals surface area contributed by atoms with Crippen LogP contribution in [0.5, 0.6) is 0 Å². The highest BCUT2D eigenvalue weighted by Gasteiger charge is 2.27. The molecule has 0 aromatic heterocycles. The number of carbonyl (C=O) groups is 2. The number of nitrogens with one attached hydrogen (secondary N) is 1. The number of carboxylic acid groups (broad SMARTS) is 1. The van der Waals surface area contributed by atoms with Crippen molar-refractivity contribution in [3.8, 4) is 11.8 Å². The number of ether oxygens (including phenoxy) is 1. The lowest BCUT2D eigenvalue weighted by atomic mass is 10.1. The molecular weight excluding hydrogens is 468 g/mol. The van der Waals surface area contributed by atoms with Gasteiger partial charge >= 0.3 is 5.97 Å². The SMILES string of the molecule is CC(=O)N1CCc2cc(S(=O)(=O)Nc3ccc(Cl)cc3C#CCOC(C)(C)C(=O)O)ccc21. The van der Waals surface area contributed by atoms with Crippen LogP contribution in [0.3, 0.4) is 0 Å². The van der Waals surface area contributed by atoms with Gasteiger partial charge in [0.2, 0.25) is 5.91 Å². The highest BCUT2D eigenvalue weighted by Crippen LogP contribution is 2.31. The molecule has 2 N–H and O–H groups in total. The number of carbonyl (C=O) groups excluding carboxylic acids is 1. The van der Waals surface area contributed by atoms with Crippen molar-refractivity contribution in [2.45, 2.75) is 37.7 Å². The quantitative estimate of drug-likeness (QED) is 0.601. The van der Waals surface area contributed by atoms with E-state index in [2.05, 4.69) is 16.6 Å².